The van der Waals surface area contributed by atoms with Crippen LogP contribution in [0.1, 0.15) is 36.1 Å². The van der Waals surface area contributed by atoms with Gasteiger partial charge in [-0.25, -0.2) is 26.8 Å². The molecule has 18 heteroatoms. The maximum Gasteiger partial charge on any atom is 0.501 e. The van der Waals surface area contributed by atoms with Crippen LogP contribution in [0.3, 0.4) is 0 Å². The van der Waals surface area contributed by atoms with Crippen LogP contribution < -0.4 is 10.0 Å². The van der Waals surface area contributed by atoms with Gasteiger partial charge < -0.3 is 10.2 Å². The van der Waals surface area contributed by atoms with E-state index in [1.165, 1.54) is 23.7 Å². The van der Waals surface area contributed by atoms with Gasteiger partial charge in [0.1, 0.15) is 17.0 Å². The van der Waals surface area contributed by atoms with Crippen molar-refractivity contribution in [3.05, 3.63) is 125 Å². The molecule has 2 aliphatic rings. The van der Waals surface area contributed by atoms with E-state index in [1.54, 1.807) is 0 Å². The van der Waals surface area contributed by atoms with E-state index in [0.29, 0.717) is 66.6 Å². The molecule has 0 aliphatic carbocycles. The maximum absolute atomic E-state index is 14.2. The van der Waals surface area contributed by atoms with Gasteiger partial charge in [-0.1, -0.05) is 66.2 Å². The summed E-state index contributed by atoms with van der Waals surface area (Å²) in [6.45, 7) is 4.27. The van der Waals surface area contributed by atoms with Crippen LogP contribution in [0.4, 0.5) is 24.7 Å². The summed E-state index contributed by atoms with van der Waals surface area (Å²) in [7, 11) is -6.89. The number of anilines is 2. The Morgan fingerprint density at radius 2 is 1.65 bits per heavy atom. The smallest absolute Gasteiger partial charge is 0.380 e. The highest BCUT2D eigenvalue weighted by Crippen LogP contribution is 2.38. The number of alkyl halides is 3. The molecule has 0 spiro atoms. The summed E-state index contributed by atoms with van der Waals surface area (Å²) in [5, 5.41) is 3.70. The fourth-order valence-electron chi connectivity index (χ4n) is 7.92. The lowest BCUT2D eigenvalue weighted by atomic mass is 9.96. The second-order valence-corrected chi connectivity index (χ2v) is 20.9. The number of sulfonamides is 1. The SMILES string of the molecule is CN(C)CCC(CSc1ccccc1)Nc1ccc(S(=O)(=O)Nc2ncnc3c2CCN(C2CCN(Cc4ccccc4-c4cccc(Cl)c4)CC2)C3)cc1S(=O)(=O)C(F)(F)F. The first-order valence-corrected chi connectivity index (χ1v) is 24.6. The minimum absolute atomic E-state index is 0.00644. The van der Waals surface area contributed by atoms with Crippen LogP contribution in [-0.2, 0) is 39.4 Å². The van der Waals surface area contributed by atoms with E-state index in [4.69, 9.17) is 11.6 Å². The molecule has 3 heterocycles. The molecule has 0 amide bonds. The van der Waals surface area contributed by atoms with Crippen molar-refractivity contribution in [2.45, 2.75) is 71.1 Å². The molecule has 62 heavy (non-hydrogen) atoms. The number of likely N-dealkylation sites (tertiary alicyclic amines) is 1. The molecule has 11 nitrogen and oxygen atoms in total. The van der Waals surface area contributed by atoms with Crippen molar-refractivity contribution in [3.8, 4) is 11.1 Å². The highest BCUT2D eigenvalue weighted by Gasteiger charge is 2.48. The van der Waals surface area contributed by atoms with E-state index >= 15 is 0 Å². The Morgan fingerprint density at radius 1 is 0.903 bits per heavy atom. The zero-order chi connectivity index (χ0) is 44.1. The Labute approximate surface area is 371 Å². The van der Waals surface area contributed by atoms with Crippen LogP contribution in [0.15, 0.2) is 118 Å². The molecule has 1 unspecified atom stereocenters. The first kappa shape index (κ1) is 45.8. The number of sulfone groups is 1. The van der Waals surface area contributed by atoms with E-state index in [0.717, 1.165) is 60.6 Å². The first-order chi connectivity index (χ1) is 29.6. The zero-order valence-electron chi connectivity index (χ0n) is 34.4. The molecule has 0 radical (unpaired) electrons. The van der Waals surface area contributed by atoms with Crippen LogP contribution in [0, 0.1) is 0 Å². The molecule has 5 aromatic rings. The minimum Gasteiger partial charge on any atom is -0.380 e. The molecular formula is C44H49ClF3N7O4S3. The molecule has 7 rings (SSSR count). The summed E-state index contributed by atoms with van der Waals surface area (Å²) < 4.78 is 98.8. The van der Waals surface area contributed by atoms with E-state index in [2.05, 4.69) is 54.1 Å². The third kappa shape index (κ3) is 11.1. The van der Waals surface area contributed by atoms with Crippen LogP contribution in [0.25, 0.3) is 11.1 Å². The van der Waals surface area contributed by atoms with Crippen LogP contribution >= 0.6 is 23.4 Å². The molecule has 0 bridgehead atoms. The van der Waals surface area contributed by atoms with Crippen molar-refractivity contribution in [2.24, 2.45) is 0 Å². The standard InChI is InChI=1S/C44H49ClF3N7O4S3/c1-53(2)21-17-34(29-60-36-12-4-3-5-13-36)51-40-16-15-37(26-42(40)61(56,57)44(46,47)48)62(58,59)52-43-39-20-24-55(28-41(39)49-30-50-43)35-18-22-54(23-19-35)27-32-9-6-7-14-38(32)31-10-8-11-33(45)25-31/h3-16,25-26,30,34-35,51H,17-24,27-29H2,1-2H3,(H,49,50,52). The molecule has 0 saturated carbocycles. The second kappa shape index (κ2) is 19.7. The van der Waals surface area contributed by atoms with Gasteiger partial charge >= 0.3 is 5.51 Å². The van der Waals surface area contributed by atoms with Crippen molar-refractivity contribution in [1.29, 1.82) is 0 Å². The number of piperidine rings is 1. The number of hydrogen-bond acceptors (Lipinski definition) is 11. The second-order valence-electron chi connectivity index (χ2n) is 15.8. The lowest BCUT2D eigenvalue weighted by Crippen LogP contribution is -2.46. The van der Waals surface area contributed by atoms with E-state index in [1.807, 2.05) is 73.6 Å². The normalized spacial score (nSPS) is 16.2. The van der Waals surface area contributed by atoms with Gasteiger partial charge in [-0.15, -0.1) is 11.8 Å². The Hall–Kier alpha value is -4.23. The number of benzene rings is 4. The Morgan fingerprint density at radius 3 is 2.37 bits per heavy atom. The van der Waals surface area contributed by atoms with Crippen molar-refractivity contribution in [3.63, 3.8) is 0 Å². The fourth-order valence-corrected chi connectivity index (χ4v) is 11.2. The quantitative estimate of drug-likeness (QED) is 0.0927. The van der Waals surface area contributed by atoms with Gasteiger partial charge in [0.25, 0.3) is 19.9 Å². The van der Waals surface area contributed by atoms with Gasteiger partial charge in [-0.05, 0) is 119 Å². The van der Waals surface area contributed by atoms with Crippen LogP contribution in [0.2, 0.25) is 5.02 Å². The fraction of sp³-hybridized carbons (Fsp3) is 0.364. The number of fused-ring (bicyclic) bond motifs is 1. The summed E-state index contributed by atoms with van der Waals surface area (Å²) in [5.41, 5.74) is -1.32. The number of hydrogen-bond donors (Lipinski definition) is 2. The van der Waals surface area contributed by atoms with Crippen molar-refractivity contribution in [2.75, 3.05) is 56.1 Å². The molecule has 1 atom stereocenters. The monoisotopic (exact) mass is 927 g/mol. The summed E-state index contributed by atoms with van der Waals surface area (Å²) in [6, 6.07) is 28.2. The summed E-state index contributed by atoms with van der Waals surface area (Å²) >= 11 is 7.77. The highest BCUT2D eigenvalue weighted by atomic mass is 35.5. The molecular weight excluding hydrogens is 879 g/mol. The molecule has 4 aromatic carbocycles. The first-order valence-electron chi connectivity index (χ1n) is 20.3. The average Bonchev–Trinajstić information content (AvgIpc) is 3.25. The average molecular weight is 929 g/mol. The maximum atomic E-state index is 14.2. The lowest BCUT2D eigenvalue weighted by Gasteiger charge is -2.40. The zero-order valence-corrected chi connectivity index (χ0v) is 37.6. The summed E-state index contributed by atoms with van der Waals surface area (Å²) in [4.78, 5) is 14.5. The van der Waals surface area contributed by atoms with Crippen molar-refractivity contribution < 1.29 is 30.0 Å². The molecule has 330 valence electrons. The third-order valence-electron chi connectivity index (χ3n) is 11.2. The Balaban J connectivity index is 1.04. The molecule has 1 saturated heterocycles. The van der Waals surface area contributed by atoms with E-state index in [-0.39, 0.29) is 11.5 Å². The van der Waals surface area contributed by atoms with Gasteiger partial charge in [-0.3, -0.25) is 14.5 Å². The topological polar surface area (TPSA) is 128 Å². The molecule has 1 aromatic heterocycles. The predicted molar refractivity (Wildman–Crippen MR) is 240 cm³/mol. The van der Waals surface area contributed by atoms with Crippen molar-refractivity contribution >= 4 is 54.7 Å². The highest BCUT2D eigenvalue weighted by molar-refractivity contribution is 7.99. The van der Waals surface area contributed by atoms with Gasteiger partial charge in [0.15, 0.2) is 0 Å². The summed E-state index contributed by atoms with van der Waals surface area (Å²) in [5.74, 6) is 0.410. The summed E-state index contributed by atoms with van der Waals surface area (Å²) in [6.07, 6.45) is 4.04. The number of aromatic nitrogens is 2. The van der Waals surface area contributed by atoms with Crippen molar-refractivity contribution in [1.82, 2.24) is 24.7 Å². The third-order valence-corrected chi connectivity index (χ3v) is 15.5. The largest absolute Gasteiger partial charge is 0.501 e. The Bertz CT molecular complexity index is 2560. The van der Waals surface area contributed by atoms with Crippen LogP contribution in [0.5, 0.6) is 0 Å². The van der Waals surface area contributed by atoms with E-state index in [9.17, 15) is 30.0 Å². The number of nitrogens with one attached hydrogen (secondary N) is 2. The number of thioether (sulfide) groups is 1. The van der Waals surface area contributed by atoms with Crippen LogP contribution in [-0.4, -0.2) is 105 Å². The molecule has 2 N–H and O–H groups in total. The van der Waals surface area contributed by atoms with Gasteiger partial charge in [0.05, 0.1) is 16.3 Å². The number of rotatable bonds is 16. The molecule has 1 fully saturated rings. The van der Waals surface area contributed by atoms with Gasteiger partial charge in [0.2, 0.25) is 0 Å². The number of halogens is 4. The lowest BCUT2D eigenvalue weighted by molar-refractivity contribution is -0.0435. The number of nitrogens with zero attached hydrogens (tertiary/aromatic N) is 5. The van der Waals surface area contributed by atoms with E-state index < -0.39 is 41.2 Å². The minimum atomic E-state index is -5.98. The molecule has 2 aliphatic heterocycles. The van der Waals surface area contributed by atoms with Gasteiger partial charge in [-0.2, -0.15) is 13.2 Å². The van der Waals surface area contributed by atoms with Gasteiger partial charge in [0, 0.05) is 53.0 Å². The Kier molecular flexibility index (Phi) is 14.5. The predicted octanol–water partition coefficient (Wildman–Crippen LogP) is 8.44.